The van der Waals surface area contributed by atoms with Crippen LogP contribution in [0.15, 0.2) is 41.3 Å². The van der Waals surface area contributed by atoms with Gasteiger partial charge in [0.2, 0.25) is 10.0 Å². The van der Waals surface area contributed by atoms with E-state index in [-0.39, 0.29) is 21.2 Å². The van der Waals surface area contributed by atoms with Crippen molar-refractivity contribution in [3.8, 4) is 0 Å². The van der Waals surface area contributed by atoms with Crippen molar-refractivity contribution in [2.45, 2.75) is 11.8 Å². The van der Waals surface area contributed by atoms with E-state index in [4.69, 9.17) is 16.7 Å². The molecule has 8 heteroatoms. The molecule has 0 heterocycles. The largest absolute Gasteiger partial charge is 0.319 e. The van der Waals surface area contributed by atoms with E-state index in [9.17, 15) is 17.6 Å². The number of nitrogens with one attached hydrogen (secondary N) is 1. The van der Waals surface area contributed by atoms with E-state index in [1.807, 2.05) is 0 Å². The highest BCUT2D eigenvalue weighted by atomic mass is 35.5. The van der Waals surface area contributed by atoms with Gasteiger partial charge < -0.3 is 5.32 Å². The van der Waals surface area contributed by atoms with Gasteiger partial charge in [-0.05, 0) is 42.8 Å². The SMILES string of the molecule is Cc1ccc(NC(=O)c2ccc(Cl)c(S(N)(=O)=O)c2)c(F)c1. The van der Waals surface area contributed by atoms with Gasteiger partial charge in [-0.2, -0.15) is 0 Å². The minimum atomic E-state index is -4.06. The van der Waals surface area contributed by atoms with Gasteiger partial charge in [0.05, 0.1) is 10.7 Å². The van der Waals surface area contributed by atoms with Crippen molar-refractivity contribution in [1.29, 1.82) is 0 Å². The normalized spacial score (nSPS) is 11.3. The molecule has 2 aromatic rings. The fraction of sp³-hybridized carbons (Fsp3) is 0.0714. The lowest BCUT2D eigenvalue weighted by Crippen LogP contribution is -2.16. The van der Waals surface area contributed by atoms with Crippen LogP contribution in [0.2, 0.25) is 5.02 Å². The Morgan fingerprint density at radius 3 is 2.50 bits per heavy atom. The average molecular weight is 343 g/mol. The fourth-order valence-corrected chi connectivity index (χ4v) is 2.85. The first kappa shape index (κ1) is 16.4. The van der Waals surface area contributed by atoms with E-state index < -0.39 is 21.7 Å². The number of aryl methyl sites for hydroxylation is 1. The Balaban J connectivity index is 2.34. The predicted molar refractivity (Wildman–Crippen MR) is 81.9 cm³/mol. The summed E-state index contributed by atoms with van der Waals surface area (Å²) >= 11 is 5.74. The number of anilines is 1. The molecule has 0 aliphatic rings. The maximum absolute atomic E-state index is 13.7. The van der Waals surface area contributed by atoms with Gasteiger partial charge in [-0.3, -0.25) is 4.79 Å². The van der Waals surface area contributed by atoms with Crippen LogP contribution >= 0.6 is 11.6 Å². The van der Waals surface area contributed by atoms with E-state index in [1.54, 1.807) is 13.0 Å². The molecule has 116 valence electrons. The molecule has 0 radical (unpaired) electrons. The van der Waals surface area contributed by atoms with Gasteiger partial charge in [0, 0.05) is 5.56 Å². The summed E-state index contributed by atoms with van der Waals surface area (Å²) in [5.41, 5.74) is 0.689. The lowest BCUT2D eigenvalue weighted by molar-refractivity contribution is 0.102. The van der Waals surface area contributed by atoms with Gasteiger partial charge in [-0.15, -0.1) is 0 Å². The second kappa shape index (κ2) is 6.04. The minimum Gasteiger partial charge on any atom is -0.319 e. The summed E-state index contributed by atoms with van der Waals surface area (Å²) < 4.78 is 36.5. The number of sulfonamides is 1. The van der Waals surface area contributed by atoms with E-state index in [2.05, 4.69) is 5.32 Å². The average Bonchev–Trinajstić information content (AvgIpc) is 2.41. The Morgan fingerprint density at radius 2 is 1.91 bits per heavy atom. The molecule has 22 heavy (non-hydrogen) atoms. The molecular weight excluding hydrogens is 331 g/mol. The quantitative estimate of drug-likeness (QED) is 0.898. The molecule has 0 bridgehead atoms. The van der Waals surface area contributed by atoms with Crippen molar-refractivity contribution in [1.82, 2.24) is 0 Å². The molecule has 0 aliphatic heterocycles. The molecule has 0 saturated heterocycles. The van der Waals surface area contributed by atoms with Crippen LogP contribution in [0.5, 0.6) is 0 Å². The Hall–Kier alpha value is -1.96. The number of amides is 1. The summed E-state index contributed by atoms with van der Waals surface area (Å²) in [6.45, 7) is 1.71. The van der Waals surface area contributed by atoms with Gasteiger partial charge in [0.1, 0.15) is 10.7 Å². The van der Waals surface area contributed by atoms with Crippen LogP contribution in [-0.4, -0.2) is 14.3 Å². The molecule has 0 aliphatic carbocycles. The Kier molecular flexibility index (Phi) is 4.50. The van der Waals surface area contributed by atoms with Crippen LogP contribution < -0.4 is 10.5 Å². The molecule has 2 rings (SSSR count). The van der Waals surface area contributed by atoms with E-state index in [0.717, 1.165) is 6.07 Å². The zero-order valence-corrected chi connectivity index (χ0v) is 13.0. The second-order valence-electron chi connectivity index (χ2n) is 4.63. The number of benzene rings is 2. The summed E-state index contributed by atoms with van der Waals surface area (Å²) in [5.74, 6) is -1.27. The third kappa shape index (κ3) is 3.62. The van der Waals surface area contributed by atoms with Gasteiger partial charge in [0.25, 0.3) is 5.91 Å². The first-order valence-electron chi connectivity index (χ1n) is 6.08. The summed E-state index contributed by atoms with van der Waals surface area (Å²) in [4.78, 5) is 11.7. The first-order valence-corrected chi connectivity index (χ1v) is 8.01. The van der Waals surface area contributed by atoms with Crippen molar-refractivity contribution in [3.63, 3.8) is 0 Å². The van der Waals surface area contributed by atoms with Crippen molar-refractivity contribution < 1.29 is 17.6 Å². The Bertz CT molecular complexity index is 853. The van der Waals surface area contributed by atoms with Gasteiger partial charge in [0.15, 0.2) is 0 Å². The number of hydrogen-bond donors (Lipinski definition) is 2. The molecule has 0 atom stereocenters. The zero-order valence-electron chi connectivity index (χ0n) is 11.4. The Morgan fingerprint density at radius 1 is 1.23 bits per heavy atom. The number of carbonyl (C=O) groups excluding carboxylic acids is 1. The van der Waals surface area contributed by atoms with Gasteiger partial charge in [-0.25, -0.2) is 17.9 Å². The number of hydrogen-bond acceptors (Lipinski definition) is 3. The lowest BCUT2D eigenvalue weighted by atomic mass is 10.2. The number of nitrogens with two attached hydrogens (primary N) is 1. The first-order chi connectivity index (χ1) is 10.2. The third-order valence-corrected chi connectivity index (χ3v) is 4.27. The second-order valence-corrected chi connectivity index (χ2v) is 6.56. The third-order valence-electron chi connectivity index (χ3n) is 2.87. The molecule has 1 amide bonds. The molecular formula is C14H12ClFN2O3S. The van der Waals surface area contributed by atoms with E-state index in [1.165, 1.54) is 24.3 Å². The number of carbonyl (C=O) groups is 1. The number of rotatable bonds is 3. The summed E-state index contributed by atoms with van der Waals surface area (Å²) in [6, 6.07) is 7.92. The summed E-state index contributed by atoms with van der Waals surface area (Å²) in [7, 11) is -4.06. The molecule has 2 aromatic carbocycles. The van der Waals surface area contributed by atoms with Crippen LogP contribution in [-0.2, 0) is 10.0 Å². The van der Waals surface area contributed by atoms with Crippen molar-refractivity contribution >= 4 is 33.2 Å². The predicted octanol–water partition coefficient (Wildman–Crippen LogP) is 2.69. The molecule has 3 N–H and O–H groups in total. The molecule has 0 spiro atoms. The maximum atomic E-state index is 13.7. The minimum absolute atomic E-state index is 0.00611. The van der Waals surface area contributed by atoms with Crippen molar-refractivity contribution in [2.75, 3.05) is 5.32 Å². The van der Waals surface area contributed by atoms with Crippen molar-refractivity contribution in [3.05, 3.63) is 58.4 Å². The van der Waals surface area contributed by atoms with Crippen LogP contribution in [0, 0.1) is 12.7 Å². The van der Waals surface area contributed by atoms with E-state index >= 15 is 0 Å². The van der Waals surface area contributed by atoms with E-state index in [0.29, 0.717) is 5.56 Å². The highest BCUT2D eigenvalue weighted by Gasteiger charge is 2.17. The van der Waals surface area contributed by atoms with Crippen molar-refractivity contribution in [2.24, 2.45) is 5.14 Å². The topological polar surface area (TPSA) is 89.3 Å². The van der Waals surface area contributed by atoms with Crippen LogP contribution in [0.1, 0.15) is 15.9 Å². The highest BCUT2D eigenvalue weighted by Crippen LogP contribution is 2.22. The molecule has 0 fully saturated rings. The highest BCUT2D eigenvalue weighted by molar-refractivity contribution is 7.89. The Labute approximate surface area is 131 Å². The molecule has 5 nitrogen and oxygen atoms in total. The van der Waals surface area contributed by atoms with Crippen LogP contribution in [0.4, 0.5) is 10.1 Å². The fourth-order valence-electron chi connectivity index (χ4n) is 1.78. The van der Waals surface area contributed by atoms with Gasteiger partial charge in [-0.1, -0.05) is 17.7 Å². The summed E-state index contributed by atoms with van der Waals surface area (Å²) in [5, 5.41) is 7.28. The number of halogens is 2. The monoisotopic (exact) mass is 342 g/mol. The standard InChI is InChI=1S/C14H12ClFN2O3S/c1-8-2-5-12(11(16)6-8)18-14(19)9-3-4-10(15)13(7-9)22(17,20)21/h2-7H,1H3,(H,18,19)(H2,17,20,21). The van der Waals surface area contributed by atoms with Crippen LogP contribution in [0.25, 0.3) is 0 Å². The summed E-state index contributed by atoms with van der Waals surface area (Å²) in [6.07, 6.45) is 0. The lowest BCUT2D eigenvalue weighted by Gasteiger charge is -2.09. The molecule has 0 saturated carbocycles. The van der Waals surface area contributed by atoms with Crippen LogP contribution in [0.3, 0.4) is 0 Å². The molecule has 0 aromatic heterocycles. The number of primary sulfonamides is 1. The zero-order chi connectivity index (χ0) is 16.5. The maximum Gasteiger partial charge on any atom is 0.255 e. The van der Waals surface area contributed by atoms with Gasteiger partial charge >= 0.3 is 0 Å². The smallest absolute Gasteiger partial charge is 0.255 e. The molecule has 0 unspecified atom stereocenters.